The first-order chi connectivity index (χ1) is 18.6. The number of nitrogens with zero attached hydrogens (tertiary/aromatic N) is 2. The van der Waals surface area contributed by atoms with Gasteiger partial charge >= 0.3 is 0 Å². The largest absolute Gasteiger partial charge is 0.489 e. The molecule has 3 rings (SSSR count). The summed E-state index contributed by atoms with van der Waals surface area (Å²) in [5.41, 5.74) is 5.31. The molecular formula is C38H60N2O. The van der Waals surface area contributed by atoms with Gasteiger partial charge in [-0.2, -0.15) is 0 Å². The monoisotopic (exact) mass is 560 g/mol. The number of allylic oxidation sites excluding steroid dienone is 1. The van der Waals surface area contributed by atoms with E-state index in [0.29, 0.717) is 30.3 Å². The second kappa shape index (κ2) is 20.1. The van der Waals surface area contributed by atoms with Gasteiger partial charge in [-0.15, -0.1) is 6.58 Å². The summed E-state index contributed by atoms with van der Waals surface area (Å²) < 4.78 is 5.94. The molecule has 0 saturated carbocycles. The lowest BCUT2D eigenvalue weighted by atomic mass is 9.84. The van der Waals surface area contributed by atoms with Crippen molar-refractivity contribution >= 4 is 0 Å². The molecule has 0 N–H and O–H groups in total. The van der Waals surface area contributed by atoms with Gasteiger partial charge in [-0.05, 0) is 88.1 Å². The van der Waals surface area contributed by atoms with E-state index in [9.17, 15) is 0 Å². The van der Waals surface area contributed by atoms with Crippen molar-refractivity contribution in [3.05, 3.63) is 114 Å². The highest BCUT2D eigenvalue weighted by Gasteiger charge is 2.18. The SMILES string of the molecule is C.C.C=CC(c1cccc(OCc2ccccc2)c1)[C@@H](C)CN(C)C.CCC(c1cccc(C)c1)[C@@H](C)CN(C)C. The zero-order chi connectivity index (χ0) is 28.8. The fourth-order valence-corrected chi connectivity index (χ4v) is 5.51. The third-order valence-electron chi connectivity index (χ3n) is 7.26. The van der Waals surface area contributed by atoms with Crippen molar-refractivity contribution < 1.29 is 4.74 Å². The smallest absolute Gasteiger partial charge is 0.120 e. The van der Waals surface area contributed by atoms with Crippen molar-refractivity contribution in [2.24, 2.45) is 11.8 Å². The summed E-state index contributed by atoms with van der Waals surface area (Å²) in [5, 5.41) is 0. The predicted molar refractivity (Wildman–Crippen MR) is 183 cm³/mol. The molecular weight excluding hydrogens is 500 g/mol. The Hall–Kier alpha value is -2.88. The quantitative estimate of drug-likeness (QED) is 0.194. The van der Waals surface area contributed by atoms with Crippen LogP contribution in [0.5, 0.6) is 5.75 Å². The molecule has 3 aromatic rings. The molecule has 228 valence electrons. The molecule has 0 bridgehead atoms. The number of rotatable bonds is 13. The van der Waals surface area contributed by atoms with Crippen LogP contribution in [0, 0.1) is 18.8 Å². The van der Waals surface area contributed by atoms with Gasteiger partial charge in [0.05, 0.1) is 0 Å². The van der Waals surface area contributed by atoms with E-state index in [0.717, 1.165) is 18.8 Å². The highest BCUT2D eigenvalue weighted by molar-refractivity contribution is 5.33. The second-order valence-corrected chi connectivity index (χ2v) is 11.5. The van der Waals surface area contributed by atoms with Crippen LogP contribution in [0.25, 0.3) is 0 Å². The lowest BCUT2D eigenvalue weighted by Crippen LogP contribution is -2.24. The lowest BCUT2D eigenvalue weighted by Gasteiger charge is -2.26. The Bertz CT molecular complexity index is 1090. The van der Waals surface area contributed by atoms with Gasteiger partial charge in [0.1, 0.15) is 12.4 Å². The minimum Gasteiger partial charge on any atom is -0.489 e. The van der Waals surface area contributed by atoms with E-state index in [4.69, 9.17) is 4.74 Å². The van der Waals surface area contributed by atoms with Crippen molar-refractivity contribution in [1.82, 2.24) is 9.80 Å². The Morgan fingerprint density at radius 2 is 1.34 bits per heavy atom. The molecule has 2 unspecified atom stereocenters. The van der Waals surface area contributed by atoms with E-state index in [2.05, 4.69) is 127 Å². The third-order valence-corrected chi connectivity index (χ3v) is 7.26. The van der Waals surface area contributed by atoms with Gasteiger partial charge in [0.2, 0.25) is 0 Å². The topological polar surface area (TPSA) is 15.7 Å². The van der Waals surface area contributed by atoms with Gasteiger partial charge in [-0.3, -0.25) is 0 Å². The number of hydrogen-bond acceptors (Lipinski definition) is 3. The normalized spacial score (nSPS) is 13.5. The molecule has 0 aromatic heterocycles. The van der Waals surface area contributed by atoms with Crippen LogP contribution >= 0.6 is 0 Å². The zero-order valence-electron chi connectivity index (χ0n) is 25.7. The summed E-state index contributed by atoms with van der Waals surface area (Å²) in [7, 11) is 8.52. The van der Waals surface area contributed by atoms with Crippen LogP contribution < -0.4 is 4.74 Å². The maximum atomic E-state index is 5.94. The molecule has 0 spiro atoms. The first kappa shape index (κ1) is 38.1. The van der Waals surface area contributed by atoms with Crippen LogP contribution in [0.2, 0.25) is 0 Å². The minimum atomic E-state index is 0. The molecule has 3 heteroatoms. The molecule has 0 saturated heterocycles. The second-order valence-electron chi connectivity index (χ2n) is 11.5. The summed E-state index contributed by atoms with van der Waals surface area (Å²) in [5.74, 6) is 3.14. The van der Waals surface area contributed by atoms with E-state index in [1.807, 2.05) is 30.3 Å². The van der Waals surface area contributed by atoms with E-state index in [-0.39, 0.29) is 14.9 Å². The summed E-state index contributed by atoms with van der Waals surface area (Å²) in [4.78, 5) is 4.50. The van der Waals surface area contributed by atoms with Crippen molar-refractivity contribution in [3.8, 4) is 5.75 Å². The summed E-state index contributed by atoms with van der Waals surface area (Å²) in [6.07, 6.45) is 3.27. The van der Waals surface area contributed by atoms with Gasteiger partial charge in [-0.25, -0.2) is 0 Å². The van der Waals surface area contributed by atoms with Crippen LogP contribution in [-0.2, 0) is 6.61 Å². The Morgan fingerprint density at radius 3 is 1.90 bits per heavy atom. The molecule has 0 amide bonds. The average Bonchev–Trinajstić information content (AvgIpc) is 2.89. The number of ether oxygens (including phenoxy) is 1. The molecule has 0 fully saturated rings. The first-order valence-electron chi connectivity index (χ1n) is 14.4. The summed E-state index contributed by atoms with van der Waals surface area (Å²) in [6.45, 7) is 15.9. The highest BCUT2D eigenvalue weighted by atomic mass is 16.5. The number of hydrogen-bond donors (Lipinski definition) is 0. The molecule has 3 aromatic carbocycles. The van der Waals surface area contributed by atoms with Crippen molar-refractivity contribution in [3.63, 3.8) is 0 Å². The first-order valence-corrected chi connectivity index (χ1v) is 14.4. The van der Waals surface area contributed by atoms with Crippen LogP contribution in [0.15, 0.2) is 91.5 Å². The molecule has 41 heavy (non-hydrogen) atoms. The average molecular weight is 561 g/mol. The molecule has 3 nitrogen and oxygen atoms in total. The molecule has 0 heterocycles. The van der Waals surface area contributed by atoms with Crippen molar-refractivity contribution in [2.45, 2.75) is 67.4 Å². The Morgan fingerprint density at radius 1 is 0.756 bits per heavy atom. The summed E-state index contributed by atoms with van der Waals surface area (Å²) in [6, 6.07) is 27.6. The van der Waals surface area contributed by atoms with E-state index < -0.39 is 0 Å². The lowest BCUT2D eigenvalue weighted by molar-refractivity contribution is 0.301. The van der Waals surface area contributed by atoms with Gasteiger partial charge in [-0.1, -0.05) is 114 Å². The van der Waals surface area contributed by atoms with Crippen molar-refractivity contribution in [2.75, 3.05) is 41.3 Å². The maximum absolute atomic E-state index is 5.94. The van der Waals surface area contributed by atoms with Crippen LogP contribution in [-0.4, -0.2) is 51.1 Å². The Labute approximate surface area is 254 Å². The molecule has 0 aliphatic carbocycles. The Kier molecular flexibility index (Phi) is 18.7. The van der Waals surface area contributed by atoms with Crippen LogP contribution in [0.3, 0.4) is 0 Å². The Balaban J connectivity index is 0.000000789. The zero-order valence-corrected chi connectivity index (χ0v) is 25.7. The van der Waals surface area contributed by atoms with Crippen molar-refractivity contribution in [1.29, 1.82) is 0 Å². The number of benzene rings is 3. The molecule has 0 radical (unpaired) electrons. The fraction of sp³-hybridized carbons (Fsp3) is 0.474. The standard InChI is InChI=1S/C21H27NO.C15H25N.2CH4/c1-5-21(17(2)15-22(3)4)19-12-9-13-20(14-19)23-16-18-10-7-6-8-11-18;1-6-15(13(3)11-16(4)5)14-9-7-8-12(2)10-14;;/h5-14,17,21H,1,15-16H2,2-4H3;7-10,13,15H,6,11H2,1-5H3;2*1H4/t17-,21?;13-,15?;;/m00../s1. The van der Waals surface area contributed by atoms with E-state index >= 15 is 0 Å². The fourth-order valence-electron chi connectivity index (χ4n) is 5.51. The maximum Gasteiger partial charge on any atom is 0.120 e. The molecule has 0 aliphatic heterocycles. The predicted octanol–water partition coefficient (Wildman–Crippen LogP) is 9.69. The minimum absolute atomic E-state index is 0. The molecule has 4 atom stereocenters. The number of aryl methyl sites for hydroxylation is 1. The van der Waals surface area contributed by atoms with Gasteiger partial charge < -0.3 is 14.5 Å². The van der Waals surface area contributed by atoms with Gasteiger partial charge in [0, 0.05) is 19.0 Å². The van der Waals surface area contributed by atoms with E-state index in [1.165, 1.54) is 28.7 Å². The van der Waals surface area contributed by atoms with Gasteiger partial charge in [0.15, 0.2) is 0 Å². The van der Waals surface area contributed by atoms with Crippen LogP contribution in [0.4, 0.5) is 0 Å². The summed E-state index contributed by atoms with van der Waals surface area (Å²) >= 11 is 0. The third kappa shape index (κ3) is 13.6. The van der Waals surface area contributed by atoms with E-state index in [1.54, 1.807) is 0 Å². The highest BCUT2D eigenvalue weighted by Crippen LogP contribution is 2.30. The molecule has 0 aliphatic rings. The van der Waals surface area contributed by atoms with Crippen LogP contribution in [0.1, 0.15) is 76.1 Å². The van der Waals surface area contributed by atoms with Gasteiger partial charge in [0.25, 0.3) is 0 Å².